The summed E-state index contributed by atoms with van der Waals surface area (Å²) in [5.41, 5.74) is 1.60. The molecule has 2 saturated heterocycles. The third kappa shape index (κ3) is 5.11. The lowest BCUT2D eigenvalue weighted by Crippen LogP contribution is -2.44. The number of methoxy groups -OCH3 is 1. The molecule has 7 nitrogen and oxygen atoms in total. The van der Waals surface area contributed by atoms with Gasteiger partial charge in [-0.1, -0.05) is 6.42 Å². The zero-order valence-electron chi connectivity index (χ0n) is 20.4. The van der Waals surface area contributed by atoms with Crippen LogP contribution < -0.4 is 10.1 Å². The molecule has 1 aromatic carbocycles. The molecule has 2 aromatic rings. The minimum atomic E-state index is -0.269. The number of nitrogens with one attached hydrogen (secondary N) is 1. The SMILES string of the molecule is COc1ccc2ncc(O)c(NCCC3CCN(CCC4CCCCC45OCCO5)CC3)c2c1. The minimum Gasteiger partial charge on any atom is -0.504 e. The van der Waals surface area contributed by atoms with E-state index in [1.54, 1.807) is 7.11 Å². The van der Waals surface area contributed by atoms with Crippen LogP contribution in [0.2, 0.25) is 0 Å². The monoisotopic (exact) mass is 469 g/mol. The Labute approximate surface area is 202 Å². The van der Waals surface area contributed by atoms with Crippen LogP contribution in [0.5, 0.6) is 11.5 Å². The van der Waals surface area contributed by atoms with Crippen molar-refractivity contribution in [2.24, 2.45) is 11.8 Å². The number of pyridine rings is 1. The van der Waals surface area contributed by atoms with E-state index in [2.05, 4.69) is 15.2 Å². The summed E-state index contributed by atoms with van der Waals surface area (Å²) < 4.78 is 17.6. The van der Waals surface area contributed by atoms with Crippen molar-refractivity contribution in [3.63, 3.8) is 0 Å². The van der Waals surface area contributed by atoms with Crippen LogP contribution in [0.1, 0.15) is 51.4 Å². The highest BCUT2D eigenvalue weighted by molar-refractivity contribution is 5.95. The molecule has 1 saturated carbocycles. The van der Waals surface area contributed by atoms with E-state index in [-0.39, 0.29) is 11.5 Å². The van der Waals surface area contributed by atoms with Gasteiger partial charge < -0.3 is 29.5 Å². The third-order valence-corrected chi connectivity index (χ3v) is 8.14. The summed E-state index contributed by atoms with van der Waals surface area (Å²) >= 11 is 0. The normalized spacial score (nSPS) is 23.5. The Morgan fingerprint density at radius 1 is 1.15 bits per heavy atom. The number of nitrogens with zero attached hydrogens (tertiary/aromatic N) is 2. The van der Waals surface area contributed by atoms with E-state index in [1.807, 2.05) is 18.2 Å². The van der Waals surface area contributed by atoms with E-state index >= 15 is 0 Å². The number of fused-ring (bicyclic) bond motifs is 1. The van der Waals surface area contributed by atoms with Crippen LogP contribution in [0.4, 0.5) is 5.69 Å². The highest BCUT2D eigenvalue weighted by Crippen LogP contribution is 2.42. The Morgan fingerprint density at radius 3 is 2.76 bits per heavy atom. The molecule has 5 rings (SSSR count). The van der Waals surface area contributed by atoms with Gasteiger partial charge in [-0.15, -0.1) is 0 Å². The summed E-state index contributed by atoms with van der Waals surface area (Å²) in [6.07, 6.45) is 11.1. The number of aromatic nitrogens is 1. The predicted molar refractivity (Wildman–Crippen MR) is 133 cm³/mol. The molecular weight excluding hydrogens is 430 g/mol. The summed E-state index contributed by atoms with van der Waals surface area (Å²) in [5, 5.41) is 14.8. The van der Waals surface area contributed by atoms with Crippen molar-refractivity contribution in [2.75, 3.05) is 51.8 Å². The van der Waals surface area contributed by atoms with Gasteiger partial charge in [0.2, 0.25) is 0 Å². The Hall–Kier alpha value is -2.09. The topological polar surface area (TPSA) is 76.1 Å². The third-order valence-electron chi connectivity index (χ3n) is 8.14. The Morgan fingerprint density at radius 2 is 1.97 bits per heavy atom. The molecule has 34 heavy (non-hydrogen) atoms. The molecule has 0 amide bonds. The van der Waals surface area contributed by atoms with Crippen molar-refractivity contribution >= 4 is 16.6 Å². The second kappa shape index (κ2) is 10.7. The van der Waals surface area contributed by atoms with Gasteiger partial charge in [-0.2, -0.15) is 0 Å². The van der Waals surface area contributed by atoms with Crippen LogP contribution in [-0.2, 0) is 9.47 Å². The summed E-state index contributed by atoms with van der Waals surface area (Å²) in [5.74, 6) is 1.95. The fourth-order valence-corrected chi connectivity index (χ4v) is 6.11. The molecular formula is C27H39N3O4. The van der Waals surface area contributed by atoms with Crippen molar-refractivity contribution in [1.82, 2.24) is 9.88 Å². The Kier molecular flexibility index (Phi) is 7.42. The average molecular weight is 470 g/mol. The highest BCUT2D eigenvalue weighted by atomic mass is 16.7. The van der Waals surface area contributed by atoms with E-state index in [4.69, 9.17) is 14.2 Å². The van der Waals surface area contributed by atoms with Crippen LogP contribution in [0.15, 0.2) is 24.4 Å². The number of ether oxygens (including phenoxy) is 3. The van der Waals surface area contributed by atoms with Crippen molar-refractivity contribution in [1.29, 1.82) is 0 Å². The number of likely N-dealkylation sites (tertiary alicyclic amines) is 1. The molecule has 2 aliphatic heterocycles. The van der Waals surface area contributed by atoms with Gasteiger partial charge in [0.25, 0.3) is 0 Å². The molecule has 3 heterocycles. The molecule has 1 atom stereocenters. The van der Waals surface area contributed by atoms with Crippen LogP contribution >= 0.6 is 0 Å². The molecule has 3 aliphatic rings. The second-order valence-electron chi connectivity index (χ2n) is 10.1. The number of aromatic hydroxyl groups is 1. The number of benzene rings is 1. The lowest BCUT2D eigenvalue weighted by atomic mass is 9.81. The molecule has 186 valence electrons. The summed E-state index contributed by atoms with van der Waals surface area (Å²) in [6, 6.07) is 5.75. The molecule has 0 radical (unpaired) electrons. The van der Waals surface area contributed by atoms with Gasteiger partial charge in [0.15, 0.2) is 11.5 Å². The number of rotatable bonds is 8. The lowest BCUT2D eigenvalue weighted by molar-refractivity contribution is -0.214. The zero-order valence-corrected chi connectivity index (χ0v) is 20.4. The first-order chi connectivity index (χ1) is 16.7. The van der Waals surface area contributed by atoms with Gasteiger partial charge in [0, 0.05) is 24.3 Å². The standard InChI is InChI=1S/C27H39N3O4/c1-32-22-5-6-24-23(18-22)26(25(31)19-29-24)28-12-7-20-8-13-30(14-9-20)15-10-21-4-2-3-11-27(21)33-16-17-34-27/h5-6,18-21,31H,2-4,7-17H2,1H3,(H,28,29). The van der Waals surface area contributed by atoms with Gasteiger partial charge in [-0.25, -0.2) is 0 Å². The minimum absolute atomic E-state index is 0.186. The smallest absolute Gasteiger partial charge is 0.171 e. The van der Waals surface area contributed by atoms with Gasteiger partial charge in [-0.3, -0.25) is 4.98 Å². The first-order valence-corrected chi connectivity index (χ1v) is 13.1. The molecule has 1 aromatic heterocycles. The van der Waals surface area contributed by atoms with E-state index in [0.29, 0.717) is 5.92 Å². The summed E-state index contributed by atoms with van der Waals surface area (Å²) in [4.78, 5) is 6.97. The summed E-state index contributed by atoms with van der Waals surface area (Å²) in [7, 11) is 1.65. The Bertz CT molecular complexity index is 954. The molecule has 1 aliphatic carbocycles. The first kappa shape index (κ1) is 23.6. The fourth-order valence-electron chi connectivity index (χ4n) is 6.11. The van der Waals surface area contributed by atoms with E-state index in [0.717, 1.165) is 67.4 Å². The van der Waals surface area contributed by atoms with Crippen LogP contribution in [0, 0.1) is 11.8 Å². The molecule has 1 unspecified atom stereocenters. The summed E-state index contributed by atoms with van der Waals surface area (Å²) in [6.45, 7) is 5.86. The highest BCUT2D eigenvalue weighted by Gasteiger charge is 2.45. The first-order valence-electron chi connectivity index (χ1n) is 13.1. The van der Waals surface area contributed by atoms with Crippen molar-refractivity contribution < 1.29 is 19.3 Å². The molecule has 1 spiro atoms. The fraction of sp³-hybridized carbons (Fsp3) is 0.667. The van der Waals surface area contributed by atoms with Crippen LogP contribution in [0.25, 0.3) is 10.9 Å². The van der Waals surface area contributed by atoms with E-state index < -0.39 is 0 Å². The second-order valence-corrected chi connectivity index (χ2v) is 10.1. The van der Waals surface area contributed by atoms with Gasteiger partial charge in [0.1, 0.15) is 5.75 Å². The van der Waals surface area contributed by atoms with Crippen LogP contribution in [-0.4, -0.2) is 67.3 Å². The van der Waals surface area contributed by atoms with Crippen LogP contribution in [0.3, 0.4) is 0 Å². The number of hydrogen-bond acceptors (Lipinski definition) is 7. The van der Waals surface area contributed by atoms with Gasteiger partial charge in [-0.05, 0) is 82.3 Å². The maximum atomic E-state index is 10.4. The van der Waals surface area contributed by atoms with E-state index in [1.165, 1.54) is 57.8 Å². The largest absolute Gasteiger partial charge is 0.504 e. The average Bonchev–Trinajstić information content (AvgIpc) is 3.34. The predicted octanol–water partition coefficient (Wildman–Crippen LogP) is 4.79. The molecule has 3 fully saturated rings. The maximum absolute atomic E-state index is 10.4. The Balaban J connectivity index is 1.08. The van der Waals surface area contributed by atoms with Gasteiger partial charge >= 0.3 is 0 Å². The molecule has 7 heteroatoms. The molecule has 2 N–H and O–H groups in total. The van der Waals surface area contributed by atoms with Crippen molar-refractivity contribution in [2.45, 2.75) is 57.2 Å². The lowest BCUT2D eigenvalue weighted by Gasteiger charge is -2.41. The number of piperidine rings is 1. The zero-order chi connectivity index (χ0) is 23.4. The number of hydrogen-bond donors (Lipinski definition) is 2. The quantitative estimate of drug-likeness (QED) is 0.576. The van der Waals surface area contributed by atoms with Crippen molar-refractivity contribution in [3.8, 4) is 11.5 Å². The van der Waals surface area contributed by atoms with Crippen molar-refractivity contribution in [3.05, 3.63) is 24.4 Å². The maximum Gasteiger partial charge on any atom is 0.171 e. The number of anilines is 1. The van der Waals surface area contributed by atoms with E-state index in [9.17, 15) is 5.11 Å². The van der Waals surface area contributed by atoms with Gasteiger partial charge in [0.05, 0.1) is 37.7 Å². The molecule has 0 bridgehead atoms.